The monoisotopic (exact) mass is 246 g/mol. The van der Waals surface area contributed by atoms with Gasteiger partial charge in [0.05, 0.1) is 0 Å². The van der Waals surface area contributed by atoms with Crippen molar-refractivity contribution in [1.29, 1.82) is 0 Å². The van der Waals surface area contributed by atoms with Crippen LogP contribution in [0.1, 0.15) is 5.56 Å². The van der Waals surface area contributed by atoms with Crippen molar-refractivity contribution < 1.29 is 0 Å². The maximum Gasteiger partial charge on any atom is 0.0455 e. The number of halogens is 1. The predicted molar refractivity (Wildman–Crippen MR) is 75.5 cm³/mol. The lowest BCUT2D eigenvalue weighted by Crippen LogP contribution is -1.94. The third-order valence-corrected chi connectivity index (χ3v) is 3.13. The van der Waals surface area contributed by atoms with E-state index in [1.807, 2.05) is 56.4 Å². The first-order valence-corrected chi connectivity index (χ1v) is 5.88. The van der Waals surface area contributed by atoms with Gasteiger partial charge in [-0.05, 0) is 48.9 Å². The molecule has 2 aromatic rings. The van der Waals surface area contributed by atoms with Gasteiger partial charge in [0.1, 0.15) is 0 Å². The van der Waals surface area contributed by atoms with Crippen LogP contribution in [0.4, 0.5) is 17.1 Å². The SMILES string of the molecule is CNc1ccc(Nc2cccc(Cl)c2C)cc1. The molecule has 0 spiro atoms. The zero-order chi connectivity index (χ0) is 12.3. The van der Waals surface area contributed by atoms with Gasteiger partial charge in [-0.3, -0.25) is 0 Å². The highest BCUT2D eigenvalue weighted by Gasteiger charge is 2.02. The summed E-state index contributed by atoms with van der Waals surface area (Å²) in [4.78, 5) is 0. The van der Waals surface area contributed by atoms with Crippen LogP contribution in [0.5, 0.6) is 0 Å². The van der Waals surface area contributed by atoms with Crippen LogP contribution in [0.15, 0.2) is 42.5 Å². The normalized spacial score (nSPS) is 10.1. The molecule has 3 heteroatoms. The van der Waals surface area contributed by atoms with Gasteiger partial charge in [0.15, 0.2) is 0 Å². The van der Waals surface area contributed by atoms with Crippen molar-refractivity contribution in [3.05, 3.63) is 53.1 Å². The standard InChI is InChI=1S/C14H15ClN2/c1-10-13(15)4-3-5-14(10)17-12-8-6-11(16-2)7-9-12/h3-9,16-17H,1-2H3. The lowest BCUT2D eigenvalue weighted by Gasteiger charge is -2.11. The molecule has 0 radical (unpaired) electrons. The predicted octanol–water partition coefficient (Wildman–Crippen LogP) is 4.43. The second-order valence-corrected chi connectivity index (χ2v) is 4.27. The fraction of sp³-hybridized carbons (Fsp3) is 0.143. The van der Waals surface area contributed by atoms with Crippen LogP contribution >= 0.6 is 11.6 Å². The first-order chi connectivity index (χ1) is 8.20. The quantitative estimate of drug-likeness (QED) is 0.837. The van der Waals surface area contributed by atoms with E-state index in [-0.39, 0.29) is 0 Å². The summed E-state index contributed by atoms with van der Waals surface area (Å²) in [5.74, 6) is 0. The van der Waals surface area contributed by atoms with Crippen molar-refractivity contribution in [2.75, 3.05) is 17.7 Å². The third-order valence-electron chi connectivity index (χ3n) is 2.72. The summed E-state index contributed by atoms with van der Waals surface area (Å²) in [6.07, 6.45) is 0. The molecule has 0 saturated heterocycles. The van der Waals surface area contributed by atoms with Gasteiger partial charge in [0.25, 0.3) is 0 Å². The molecule has 0 aliphatic rings. The lowest BCUT2D eigenvalue weighted by atomic mass is 10.2. The number of hydrogen-bond donors (Lipinski definition) is 2. The Morgan fingerprint density at radius 3 is 2.24 bits per heavy atom. The van der Waals surface area contributed by atoms with Crippen molar-refractivity contribution in [2.24, 2.45) is 0 Å². The average molecular weight is 247 g/mol. The summed E-state index contributed by atoms with van der Waals surface area (Å²) < 4.78 is 0. The minimum Gasteiger partial charge on any atom is -0.388 e. The Balaban J connectivity index is 2.22. The van der Waals surface area contributed by atoms with E-state index in [4.69, 9.17) is 11.6 Å². The summed E-state index contributed by atoms with van der Waals surface area (Å²) in [5.41, 5.74) is 4.24. The number of anilines is 3. The summed E-state index contributed by atoms with van der Waals surface area (Å²) >= 11 is 6.08. The van der Waals surface area contributed by atoms with Crippen molar-refractivity contribution in [3.8, 4) is 0 Å². The Hall–Kier alpha value is -1.67. The molecule has 0 bridgehead atoms. The van der Waals surface area contributed by atoms with Crippen molar-refractivity contribution in [1.82, 2.24) is 0 Å². The minimum absolute atomic E-state index is 0.779. The number of nitrogens with one attached hydrogen (secondary N) is 2. The molecule has 0 aliphatic carbocycles. The first kappa shape index (κ1) is 11.8. The fourth-order valence-electron chi connectivity index (χ4n) is 1.62. The minimum atomic E-state index is 0.779. The lowest BCUT2D eigenvalue weighted by molar-refractivity contribution is 1.43. The smallest absolute Gasteiger partial charge is 0.0455 e. The van der Waals surface area contributed by atoms with Gasteiger partial charge in [-0.25, -0.2) is 0 Å². The molecule has 0 aliphatic heterocycles. The summed E-state index contributed by atoms with van der Waals surface area (Å²) in [7, 11) is 1.91. The molecule has 0 fully saturated rings. The van der Waals surface area contributed by atoms with E-state index in [2.05, 4.69) is 10.6 Å². The van der Waals surface area contributed by atoms with Gasteiger partial charge in [-0.15, -0.1) is 0 Å². The molecule has 0 heterocycles. The molecule has 17 heavy (non-hydrogen) atoms. The van der Waals surface area contributed by atoms with Crippen molar-refractivity contribution in [3.63, 3.8) is 0 Å². The zero-order valence-electron chi connectivity index (χ0n) is 9.92. The van der Waals surface area contributed by atoms with Gasteiger partial charge < -0.3 is 10.6 Å². The summed E-state index contributed by atoms with van der Waals surface area (Å²) in [5, 5.41) is 7.22. The molecule has 0 atom stereocenters. The van der Waals surface area contributed by atoms with Crippen molar-refractivity contribution >= 4 is 28.7 Å². The molecule has 0 amide bonds. The Bertz CT molecular complexity index is 506. The molecule has 2 aromatic carbocycles. The molecular formula is C14H15ClN2. The van der Waals surface area contributed by atoms with Gasteiger partial charge in [0.2, 0.25) is 0 Å². The van der Waals surface area contributed by atoms with Crippen LogP contribution in [-0.4, -0.2) is 7.05 Å². The van der Waals surface area contributed by atoms with E-state index in [9.17, 15) is 0 Å². The van der Waals surface area contributed by atoms with Crippen LogP contribution in [0.3, 0.4) is 0 Å². The highest BCUT2D eigenvalue weighted by Crippen LogP contribution is 2.26. The summed E-state index contributed by atoms with van der Waals surface area (Å²) in [6, 6.07) is 14.0. The molecule has 0 unspecified atom stereocenters. The van der Waals surface area contributed by atoms with Crippen LogP contribution in [0.25, 0.3) is 0 Å². The van der Waals surface area contributed by atoms with E-state index in [1.165, 1.54) is 0 Å². The molecule has 2 nitrogen and oxygen atoms in total. The van der Waals surface area contributed by atoms with E-state index in [0.717, 1.165) is 27.6 Å². The largest absolute Gasteiger partial charge is 0.388 e. The highest BCUT2D eigenvalue weighted by atomic mass is 35.5. The Labute approximate surface area is 107 Å². The average Bonchev–Trinajstić information content (AvgIpc) is 2.36. The Morgan fingerprint density at radius 1 is 0.941 bits per heavy atom. The van der Waals surface area contributed by atoms with Gasteiger partial charge in [0, 0.05) is 29.1 Å². The van der Waals surface area contributed by atoms with E-state index in [1.54, 1.807) is 0 Å². The van der Waals surface area contributed by atoms with E-state index in [0.29, 0.717) is 0 Å². The number of rotatable bonds is 3. The van der Waals surface area contributed by atoms with Gasteiger partial charge in [-0.2, -0.15) is 0 Å². The number of hydrogen-bond acceptors (Lipinski definition) is 2. The Morgan fingerprint density at radius 2 is 1.59 bits per heavy atom. The Kier molecular flexibility index (Phi) is 3.55. The molecule has 88 valence electrons. The maximum atomic E-state index is 6.08. The van der Waals surface area contributed by atoms with E-state index >= 15 is 0 Å². The van der Waals surface area contributed by atoms with Crippen LogP contribution in [0.2, 0.25) is 5.02 Å². The van der Waals surface area contributed by atoms with Gasteiger partial charge in [-0.1, -0.05) is 17.7 Å². The van der Waals surface area contributed by atoms with E-state index < -0.39 is 0 Å². The molecular weight excluding hydrogens is 232 g/mol. The highest BCUT2D eigenvalue weighted by molar-refractivity contribution is 6.31. The molecule has 2 N–H and O–H groups in total. The van der Waals surface area contributed by atoms with Crippen LogP contribution in [-0.2, 0) is 0 Å². The van der Waals surface area contributed by atoms with Crippen molar-refractivity contribution in [2.45, 2.75) is 6.92 Å². The van der Waals surface area contributed by atoms with Gasteiger partial charge >= 0.3 is 0 Å². The van der Waals surface area contributed by atoms with Crippen LogP contribution in [0, 0.1) is 6.92 Å². The molecule has 0 saturated carbocycles. The first-order valence-electron chi connectivity index (χ1n) is 5.50. The maximum absolute atomic E-state index is 6.08. The zero-order valence-corrected chi connectivity index (χ0v) is 10.7. The third kappa shape index (κ3) is 2.71. The summed E-state index contributed by atoms with van der Waals surface area (Å²) in [6.45, 7) is 2.01. The fourth-order valence-corrected chi connectivity index (χ4v) is 1.79. The topological polar surface area (TPSA) is 24.1 Å². The number of benzene rings is 2. The molecule has 0 aromatic heterocycles. The molecule has 2 rings (SSSR count). The second kappa shape index (κ2) is 5.11. The van der Waals surface area contributed by atoms with Crippen LogP contribution < -0.4 is 10.6 Å². The second-order valence-electron chi connectivity index (χ2n) is 3.86.